The van der Waals surface area contributed by atoms with E-state index in [0.29, 0.717) is 31.6 Å². The van der Waals surface area contributed by atoms with Crippen LogP contribution >= 0.6 is 0 Å². The van der Waals surface area contributed by atoms with Crippen molar-refractivity contribution in [3.63, 3.8) is 0 Å². The molecule has 0 amide bonds. The third kappa shape index (κ3) is 3.07. The fourth-order valence-electron chi connectivity index (χ4n) is 7.48. The second-order valence-corrected chi connectivity index (χ2v) is 10.2. The van der Waals surface area contributed by atoms with Gasteiger partial charge in [0.1, 0.15) is 0 Å². The molecule has 3 saturated carbocycles. The summed E-state index contributed by atoms with van der Waals surface area (Å²) in [6.07, 6.45) is 1.24. The second kappa shape index (κ2) is 7.07. The van der Waals surface area contributed by atoms with Crippen LogP contribution in [0, 0.1) is 28.6 Å². The molecule has 0 bridgehead atoms. The molecule has 0 aromatic carbocycles. The van der Waals surface area contributed by atoms with Crippen LogP contribution < -0.4 is 0 Å². The lowest BCUT2D eigenvalue weighted by Crippen LogP contribution is -2.60. The number of ether oxygens (including phenoxy) is 2. The molecule has 4 aliphatic carbocycles. The Kier molecular flexibility index (Phi) is 5.10. The minimum atomic E-state index is -5.18. The number of esters is 2. The molecule has 0 radical (unpaired) electrons. The molecule has 172 valence electrons. The summed E-state index contributed by atoms with van der Waals surface area (Å²) < 4.78 is 49.1. The molecular weight excluding hydrogens is 413 g/mol. The molecule has 0 saturated heterocycles. The minimum absolute atomic E-state index is 0.0315. The molecule has 6 atom stereocenters. The van der Waals surface area contributed by atoms with E-state index in [-0.39, 0.29) is 29.5 Å². The van der Waals surface area contributed by atoms with Crippen molar-refractivity contribution in [1.82, 2.24) is 0 Å². The van der Waals surface area contributed by atoms with Gasteiger partial charge in [0.05, 0.1) is 7.11 Å². The second-order valence-electron chi connectivity index (χ2n) is 10.2. The Hall–Kier alpha value is -1.86. The molecule has 0 heterocycles. The van der Waals surface area contributed by atoms with Crippen LogP contribution in [-0.2, 0) is 23.9 Å². The number of carbonyl (C=O) groups excluding carboxylic acids is 3. The van der Waals surface area contributed by atoms with Crippen molar-refractivity contribution in [3.05, 3.63) is 11.6 Å². The molecule has 4 rings (SSSR count). The molecule has 4 aliphatic rings. The van der Waals surface area contributed by atoms with Crippen LogP contribution in [0.1, 0.15) is 65.2 Å². The number of carbonyl (C=O) groups is 3. The van der Waals surface area contributed by atoms with E-state index in [1.54, 1.807) is 13.0 Å². The molecule has 8 heteroatoms. The van der Waals surface area contributed by atoms with E-state index < -0.39 is 29.1 Å². The van der Waals surface area contributed by atoms with Crippen molar-refractivity contribution in [2.24, 2.45) is 28.6 Å². The lowest BCUT2D eigenvalue weighted by atomic mass is 9.46. The first-order valence-electron chi connectivity index (χ1n) is 11.0. The van der Waals surface area contributed by atoms with Crippen molar-refractivity contribution in [2.75, 3.05) is 7.11 Å². The van der Waals surface area contributed by atoms with Crippen molar-refractivity contribution in [3.8, 4) is 0 Å². The largest absolute Gasteiger partial charge is 0.490 e. The van der Waals surface area contributed by atoms with E-state index in [9.17, 15) is 27.6 Å². The average Bonchev–Trinajstić information content (AvgIpc) is 3.00. The summed E-state index contributed by atoms with van der Waals surface area (Å²) in [5.74, 6) is -2.64. The van der Waals surface area contributed by atoms with Crippen molar-refractivity contribution in [1.29, 1.82) is 0 Å². The smallest absolute Gasteiger partial charge is 0.466 e. The molecule has 0 aromatic rings. The topological polar surface area (TPSA) is 69.7 Å². The molecule has 0 aliphatic heterocycles. The molecular formula is C23H29F3O5. The predicted molar refractivity (Wildman–Crippen MR) is 104 cm³/mol. The van der Waals surface area contributed by atoms with Crippen LogP contribution in [0.2, 0.25) is 0 Å². The standard InChI is InChI=1S/C23H29F3O5/c1-20-9-6-14(27)12-13(20)4-5-15-16(20)7-10-21(2)17(15)8-11-22(21,18(28)30-3)31-19(29)23(24,25)26/h12,15-17H,4-11H2,1-3H3/t15-,16+,17+,20+,21+,22+/m1/s1. The van der Waals surface area contributed by atoms with Gasteiger partial charge in [0.15, 0.2) is 5.78 Å². The Morgan fingerprint density at radius 3 is 2.35 bits per heavy atom. The summed E-state index contributed by atoms with van der Waals surface area (Å²) in [6, 6.07) is 0. The number of rotatable bonds is 2. The van der Waals surface area contributed by atoms with E-state index >= 15 is 0 Å². The monoisotopic (exact) mass is 442 g/mol. The maximum atomic E-state index is 13.1. The number of methoxy groups -OCH3 is 1. The van der Waals surface area contributed by atoms with E-state index in [4.69, 9.17) is 9.47 Å². The SMILES string of the molecule is COC(=O)[C@@]1(OC(=O)C(F)(F)F)CC[C@H]2[C@@H]3CCC4=CC(=O)CC[C@]4(C)[C@H]3CC[C@@]21C. The van der Waals surface area contributed by atoms with Gasteiger partial charge in [-0.3, -0.25) is 4.79 Å². The third-order valence-corrected chi connectivity index (χ3v) is 9.10. The van der Waals surface area contributed by atoms with Crippen molar-refractivity contribution in [2.45, 2.75) is 77.0 Å². The number of hydrogen-bond acceptors (Lipinski definition) is 5. The summed E-state index contributed by atoms with van der Waals surface area (Å²) in [4.78, 5) is 36.6. The maximum absolute atomic E-state index is 13.1. The predicted octanol–water partition coefficient (Wildman–Crippen LogP) is 4.54. The van der Waals surface area contributed by atoms with E-state index in [2.05, 4.69) is 6.92 Å². The lowest BCUT2D eigenvalue weighted by molar-refractivity contribution is -0.233. The fourth-order valence-corrected chi connectivity index (χ4v) is 7.48. The number of hydrogen-bond donors (Lipinski definition) is 0. The highest BCUT2D eigenvalue weighted by Crippen LogP contribution is 2.68. The van der Waals surface area contributed by atoms with Crippen molar-refractivity contribution < 1.29 is 37.0 Å². The average molecular weight is 442 g/mol. The Morgan fingerprint density at radius 2 is 1.71 bits per heavy atom. The van der Waals surface area contributed by atoms with Gasteiger partial charge in [-0.2, -0.15) is 13.2 Å². The van der Waals surface area contributed by atoms with Crippen LogP contribution in [0.4, 0.5) is 13.2 Å². The Morgan fingerprint density at radius 1 is 1.03 bits per heavy atom. The number of alkyl halides is 3. The third-order valence-electron chi connectivity index (χ3n) is 9.10. The fraction of sp³-hybridized carbons (Fsp3) is 0.783. The molecule has 0 unspecified atom stereocenters. The van der Waals surface area contributed by atoms with Gasteiger partial charge in [-0.05, 0) is 74.2 Å². The molecule has 0 aromatic heterocycles. The van der Waals surface area contributed by atoms with E-state index in [0.717, 1.165) is 26.4 Å². The highest BCUT2D eigenvalue weighted by molar-refractivity contribution is 5.91. The lowest BCUT2D eigenvalue weighted by Gasteiger charge is -2.58. The maximum Gasteiger partial charge on any atom is 0.490 e. The molecule has 0 spiro atoms. The summed E-state index contributed by atoms with van der Waals surface area (Å²) in [5.41, 5.74) is -1.76. The van der Waals surface area contributed by atoms with Gasteiger partial charge in [-0.25, -0.2) is 9.59 Å². The summed E-state index contributed by atoms with van der Waals surface area (Å²) in [6.45, 7) is 4.00. The zero-order valence-corrected chi connectivity index (χ0v) is 18.1. The first kappa shape index (κ1) is 22.3. The Balaban J connectivity index is 1.70. The van der Waals surface area contributed by atoms with Gasteiger partial charge in [0.25, 0.3) is 0 Å². The van der Waals surface area contributed by atoms with E-state index in [1.807, 2.05) is 0 Å². The van der Waals surface area contributed by atoms with Crippen LogP contribution in [0.25, 0.3) is 0 Å². The van der Waals surface area contributed by atoms with Crippen LogP contribution in [0.15, 0.2) is 11.6 Å². The first-order chi connectivity index (χ1) is 14.4. The summed E-state index contributed by atoms with van der Waals surface area (Å²) in [5, 5.41) is 0. The highest BCUT2D eigenvalue weighted by atomic mass is 19.4. The minimum Gasteiger partial charge on any atom is -0.466 e. The normalized spacial score (nSPS) is 42.1. The Bertz CT molecular complexity index is 849. The Labute approximate surface area is 179 Å². The number of allylic oxidation sites excluding steroid dienone is 1. The quantitative estimate of drug-likeness (QED) is 0.588. The number of halogens is 3. The van der Waals surface area contributed by atoms with E-state index in [1.165, 1.54) is 5.57 Å². The molecule has 0 N–H and O–H groups in total. The van der Waals surface area contributed by atoms with Crippen molar-refractivity contribution >= 4 is 17.7 Å². The van der Waals surface area contributed by atoms with Gasteiger partial charge in [0, 0.05) is 11.8 Å². The van der Waals surface area contributed by atoms with Crippen LogP contribution in [0.5, 0.6) is 0 Å². The zero-order chi connectivity index (χ0) is 22.8. The molecule has 31 heavy (non-hydrogen) atoms. The zero-order valence-electron chi connectivity index (χ0n) is 18.1. The van der Waals surface area contributed by atoms with Crippen LogP contribution in [-0.4, -0.2) is 36.6 Å². The molecule has 3 fully saturated rings. The van der Waals surface area contributed by atoms with Gasteiger partial charge in [-0.15, -0.1) is 0 Å². The highest BCUT2D eigenvalue weighted by Gasteiger charge is 2.70. The number of fused-ring (bicyclic) bond motifs is 5. The summed E-state index contributed by atoms with van der Waals surface area (Å²) >= 11 is 0. The molecule has 5 nitrogen and oxygen atoms in total. The summed E-state index contributed by atoms with van der Waals surface area (Å²) in [7, 11) is 1.12. The van der Waals surface area contributed by atoms with Gasteiger partial charge >= 0.3 is 18.1 Å². The number of ketones is 1. The van der Waals surface area contributed by atoms with Gasteiger partial charge in [-0.1, -0.05) is 19.4 Å². The van der Waals surface area contributed by atoms with Gasteiger partial charge in [0.2, 0.25) is 5.60 Å². The van der Waals surface area contributed by atoms with Crippen LogP contribution in [0.3, 0.4) is 0 Å². The first-order valence-corrected chi connectivity index (χ1v) is 11.0. The van der Waals surface area contributed by atoms with Gasteiger partial charge < -0.3 is 9.47 Å².